The Hall–Kier alpha value is -2.81. The highest BCUT2D eigenvalue weighted by Gasteiger charge is 2.24. The zero-order valence-corrected chi connectivity index (χ0v) is 16.9. The van der Waals surface area contributed by atoms with Crippen LogP contribution in [0.5, 0.6) is 0 Å². The summed E-state index contributed by atoms with van der Waals surface area (Å²) in [6, 6.07) is 24.8. The van der Waals surface area contributed by atoms with E-state index in [4.69, 9.17) is 0 Å². The summed E-state index contributed by atoms with van der Waals surface area (Å²) in [4.78, 5) is 15.4. The second-order valence-electron chi connectivity index (χ2n) is 7.24. The quantitative estimate of drug-likeness (QED) is 0.488. The van der Waals surface area contributed by atoms with Crippen LogP contribution < -0.4 is 0 Å². The van der Waals surface area contributed by atoms with Crippen molar-refractivity contribution < 1.29 is 4.79 Å². The lowest BCUT2D eigenvalue weighted by atomic mass is 9.95. The summed E-state index contributed by atoms with van der Waals surface area (Å²) in [5.74, 6) is 0.147. The summed E-state index contributed by atoms with van der Waals surface area (Å²) in [6.07, 6.45) is 3.87. The maximum absolute atomic E-state index is 13.4. The lowest BCUT2D eigenvalue weighted by Crippen LogP contribution is -2.36. The van der Waals surface area contributed by atoms with Gasteiger partial charge in [0, 0.05) is 25.0 Å². The Morgan fingerprint density at radius 1 is 0.929 bits per heavy atom. The molecule has 0 spiro atoms. The van der Waals surface area contributed by atoms with E-state index in [1.54, 1.807) is 0 Å². The Balaban J connectivity index is 1.78. The van der Waals surface area contributed by atoms with Gasteiger partial charge in [-0.25, -0.2) is 0 Å². The molecule has 2 aromatic carbocycles. The van der Waals surface area contributed by atoms with Crippen molar-refractivity contribution in [3.05, 3.63) is 95.8 Å². The minimum absolute atomic E-state index is 0.0784. The number of rotatable bonds is 9. The second kappa shape index (κ2) is 9.93. The predicted octanol–water partition coefficient (Wildman–Crippen LogP) is 5.47. The Morgan fingerprint density at radius 3 is 2.25 bits per heavy atom. The predicted molar refractivity (Wildman–Crippen MR) is 115 cm³/mol. The van der Waals surface area contributed by atoms with Crippen LogP contribution in [-0.2, 0) is 17.9 Å². The topological polar surface area (TPSA) is 25.2 Å². The fraction of sp³-hybridized carbons (Fsp3) is 0.320. The van der Waals surface area contributed by atoms with Gasteiger partial charge in [-0.1, -0.05) is 74.5 Å². The molecule has 0 saturated carbocycles. The molecule has 3 heteroatoms. The molecule has 1 amide bonds. The fourth-order valence-electron chi connectivity index (χ4n) is 3.72. The lowest BCUT2D eigenvalue weighted by molar-refractivity contribution is -0.133. The first-order valence-corrected chi connectivity index (χ1v) is 10.2. The molecule has 28 heavy (non-hydrogen) atoms. The molecular weight excluding hydrogens is 344 g/mol. The van der Waals surface area contributed by atoms with Gasteiger partial charge in [0.05, 0.1) is 12.5 Å². The van der Waals surface area contributed by atoms with Gasteiger partial charge in [0.1, 0.15) is 0 Å². The van der Waals surface area contributed by atoms with E-state index < -0.39 is 0 Å². The average molecular weight is 375 g/mol. The third kappa shape index (κ3) is 4.92. The van der Waals surface area contributed by atoms with Crippen molar-refractivity contribution in [3.63, 3.8) is 0 Å². The Labute approximate surface area is 168 Å². The van der Waals surface area contributed by atoms with Crippen LogP contribution in [0.15, 0.2) is 79.0 Å². The van der Waals surface area contributed by atoms with E-state index in [0.29, 0.717) is 6.54 Å². The largest absolute Gasteiger partial charge is 0.345 e. The SMILES string of the molecule is CCCN(Cc1cccn1Cc1ccccc1)C(=O)[C@H](CC)c1ccccc1. The van der Waals surface area contributed by atoms with Gasteiger partial charge in [0.15, 0.2) is 0 Å². The molecular formula is C25H30N2O. The summed E-state index contributed by atoms with van der Waals surface area (Å²) in [6.45, 7) is 6.48. The lowest BCUT2D eigenvalue weighted by Gasteiger charge is -2.27. The maximum atomic E-state index is 13.4. The van der Waals surface area contributed by atoms with E-state index in [2.05, 4.69) is 73.1 Å². The molecule has 0 fully saturated rings. The van der Waals surface area contributed by atoms with E-state index in [9.17, 15) is 4.79 Å². The Bertz CT molecular complexity index is 855. The normalized spacial score (nSPS) is 11.9. The number of hydrogen-bond donors (Lipinski definition) is 0. The van der Waals surface area contributed by atoms with Crippen LogP contribution in [-0.4, -0.2) is 21.9 Å². The molecule has 1 atom stereocenters. The van der Waals surface area contributed by atoms with Crippen molar-refractivity contribution >= 4 is 5.91 Å². The van der Waals surface area contributed by atoms with Gasteiger partial charge in [-0.3, -0.25) is 4.79 Å². The van der Waals surface area contributed by atoms with Gasteiger partial charge in [0.2, 0.25) is 5.91 Å². The van der Waals surface area contributed by atoms with Crippen molar-refractivity contribution in [3.8, 4) is 0 Å². The van der Waals surface area contributed by atoms with Gasteiger partial charge >= 0.3 is 0 Å². The molecule has 3 rings (SSSR count). The number of nitrogens with zero attached hydrogens (tertiary/aromatic N) is 2. The summed E-state index contributed by atoms with van der Waals surface area (Å²) in [7, 11) is 0. The second-order valence-corrected chi connectivity index (χ2v) is 7.24. The van der Waals surface area contributed by atoms with Crippen molar-refractivity contribution in [2.24, 2.45) is 0 Å². The van der Waals surface area contributed by atoms with Crippen LogP contribution in [0.3, 0.4) is 0 Å². The van der Waals surface area contributed by atoms with Crippen LogP contribution in [0.1, 0.15) is 49.4 Å². The molecule has 0 unspecified atom stereocenters. The summed E-state index contributed by atoms with van der Waals surface area (Å²) >= 11 is 0. The summed E-state index contributed by atoms with van der Waals surface area (Å²) in [5, 5.41) is 0. The van der Waals surface area contributed by atoms with Crippen LogP contribution in [0, 0.1) is 0 Å². The van der Waals surface area contributed by atoms with Crippen molar-refractivity contribution in [1.82, 2.24) is 9.47 Å². The number of carbonyl (C=O) groups excluding carboxylic acids is 1. The van der Waals surface area contributed by atoms with Crippen LogP contribution in [0.25, 0.3) is 0 Å². The fourth-order valence-corrected chi connectivity index (χ4v) is 3.72. The summed E-state index contributed by atoms with van der Waals surface area (Å²) < 4.78 is 2.24. The van der Waals surface area contributed by atoms with Gasteiger partial charge in [0.25, 0.3) is 0 Å². The van der Waals surface area contributed by atoms with Gasteiger partial charge in [-0.2, -0.15) is 0 Å². The van der Waals surface area contributed by atoms with Gasteiger partial charge in [-0.05, 0) is 36.1 Å². The molecule has 0 aliphatic heterocycles. The van der Waals surface area contributed by atoms with E-state index in [-0.39, 0.29) is 11.8 Å². The molecule has 146 valence electrons. The standard InChI is InChI=1S/C25H30N2O/c1-3-17-27(25(28)24(4-2)22-14-9-6-10-15-22)20-23-16-11-18-26(23)19-21-12-7-5-8-13-21/h5-16,18,24H,3-4,17,19-20H2,1-2H3/t24-/m1/s1. The highest BCUT2D eigenvalue weighted by atomic mass is 16.2. The number of benzene rings is 2. The monoisotopic (exact) mass is 374 g/mol. The van der Waals surface area contributed by atoms with Crippen LogP contribution in [0.2, 0.25) is 0 Å². The minimum atomic E-state index is -0.0784. The number of hydrogen-bond acceptors (Lipinski definition) is 1. The average Bonchev–Trinajstić information content (AvgIpc) is 3.16. The van der Waals surface area contributed by atoms with Crippen molar-refractivity contribution in [2.75, 3.05) is 6.54 Å². The van der Waals surface area contributed by atoms with E-state index in [1.165, 1.54) is 11.3 Å². The third-order valence-electron chi connectivity index (χ3n) is 5.19. The van der Waals surface area contributed by atoms with Crippen molar-refractivity contribution in [1.29, 1.82) is 0 Å². The number of amides is 1. The molecule has 1 aromatic heterocycles. The first-order valence-electron chi connectivity index (χ1n) is 10.2. The molecule has 1 heterocycles. The Kier molecular flexibility index (Phi) is 7.07. The molecule has 0 N–H and O–H groups in total. The smallest absolute Gasteiger partial charge is 0.230 e. The van der Waals surface area contributed by atoms with E-state index in [0.717, 1.165) is 31.5 Å². The molecule has 0 radical (unpaired) electrons. The highest BCUT2D eigenvalue weighted by Crippen LogP contribution is 2.23. The number of carbonyl (C=O) groups is 1. The van der Waals surface area contributed by atoms with E-state index in [1.807, 2.05) is 29.2 Å². The third-order valence-corrected chi connectivity index (χ3v) is 5.19. The number of aromatic nitrogens is 1. The highest BCUT2D eigenvalue weighted by molar-refractivity contribution is 5.83. The molecule has 0 bridgehead atoms. The molecule has 3 aromatic rings. The van der Waals surface area contributed by atoms with Crippen molar-refractivity contribution in [2.45, 2.75) is 45.7 Å². The van der Waals surface area contributed by atoms with Crippen LogP contribution in [0.4, 0.5) is 0 Å². The zero-order valence-electron chi connectivity index (χ0n) is 16.9. The molecule has 0 aliphatic carbocycles. The van der Waals surface area contributed by atoms with E-state index >= 15 is 0 Å². The zero-order chi connectivity index (χ0) is 19.8. The van der Waals surface area contributed by atoms with Crippen LogP contribution >= 0.6 is 0 Å². The van der Waals surface area contributed by atoms with Gasteiger partial charge in [-0.15, -0.1) is 0 Å². The minimum Gasteiger partial charge on any atom is -0.345 e. The molecule has 3 nitrogen and oxygen atoms in total. The molecule has 0 aliphatic rings. The maximum Gasteiger partial charge on any atom is 0.230 e. The first-order chi connectivity index (χ1) is 13.7. The van der Waals surface area contributed by atoms with Gasteiger partial charge < -0.3 is 9.47 Å². The molecule has 0 saturated heterocycles. The summed E-state index contributed by atoms with van der Waals surface area (Å²) in [5.41, 5.74) is 3.55. The Morgan fingerprint density at radius 2 is 1.61 bits per heavy atom. The first kappa shape index (κ1) is 19.9.